The molecule has 182 valence electrons. The molecule has 0 aliphatic heterocycles. The van der Waals surface area contributed by atoms with Crippen LogP contribution in [0.3, 0.4) is 0 Å². The van der Waals surface area contributed by atoms with Crippen LogP contribution in [-0.2, 0) is 0 Å². The normalized spacial score (nSPS) is 14.5. The molecule has 5 heteroatoms. The number of hydrogen-bond acceptors (Lipinski definition) is 1. The van der Waals surface area contributed by atoms with Gasteiger partial charge in [-0.3, -0.25) is 0 Å². The Kier molecular flexibility index (Phi) is 6.98. The SMILES string of the molecule is FC(F)(F)Oc1ccc(/C(=C\C[P+](c2ccccc2)(c2ccccc2)c2ccccc2)C2CC2)cc1. The van der Waals surface area contributed by atoms with Crippen LogP contribution in [0.4, 0.5) is 13.2 Å². The van der Waals surface area contributed by atoms with E-state index in [1.807, 2.05) is 18.2 Å². The molecular weight excluding hydrogens is 476 g/mol. The monoisotopic (exact) mass is 503 g/mol. The third-order valence-corrected chi connectivity index (χ3v) is 10.9. The fraction of sp³-hybridized carbons (Fsp3) is 0.161. The molecule has 36 heavy (non-hydrogen) atoms. The van der Waals surface area contributed by atoms with Crippen LogP contribution in [0.1, 0.15) is 18.4 Å². The molecule has 1 saturated carbocycles. The van der Waals surface area contributed by atoms with Crippen LogP contribution < -0.4 is 20.7 Å². The van der Waals surface area contributed by atoms with Gasteiger partial charge in [0.2, 0.25) is 0 Å². The van der Waals surface area contributed by atoms with Gasteiger partial charge >= 0.3 is 6.36 Å². The highest BCUT2D eigenvalue weighted by atomic mass is 31.2. The quantitative estimate of drug-likeness (QED) is 0.228. The zero-order valence-corrected chi connectivity index (χ0v) is 20.6. The average molecular weight is 504 g/mol. The molecule has 0 radical (unpaired) electrons. The van der Waals surface area contributed by atoms with Crippen molar-refractivity contribution in [2.75, 3.05) is 6.16 Å². The van der Waals surface area contributed by atoms with Crippen LogP contribution in [0.25, 0.3) is 5.57 Å². The van der Waals surface area contributed by atoms with E-state index in [4.69, 9.17) is 0 Å². The highest BCUT2D eigenvalue weighted by Crippen LogP contribution is 2.56. The van der Waals surface area contributed by atoms with Crippen molar-refractivity contribution in [3.8, 4) is 5.75 Å². The minimum Gasteiger partial charge on any atom is -0.406 e. The summed E-state index contributed by atoms with van der Waals surface area (Å²) in [6.45, 7) is 0. The first-order valence-corrected chi connectivity index (χ1v) is 14.0. The molecule has 0 N–H and O–H groups in total. The Balaban J connectivity index is 1.60. The lowest BCUT2D eigenvalue weighted by atomic mass is 10.0. The lowest BCUT2D eigenvalue weighted by Crippen LogP contribution is -2.33. The third kappa shape index (κ3) is 5.39. The van der Waals surface area contributed by atoms with Gasteiger partial charge in [0.15, 0.2) is 0 Å². The number of allylic oxidation sites excluding steroid dienone is 2. The van der Waals surface area contributed by atoms with Crippen molar-refractivity contribution in [2.24, 2.45) is 5.92 Å². The van der Waals surface area contributed by atoms with Gasteiger partial charge in [-0.2, -0.15) is 0 Å². The lowest BCUT2D eigenvalue weighted by molar-refractivity contribution is -0.274. The first-order valence-electron chi connectivity index (χ1n) is 12.1. The van der Waals surface area contributed by atoms with Crippen molar-refractivity contribution >= 4 is 28.7 Å². The van der Waals surface area contributed by atoms with Crippen molar-refractivity contribution in [3.63, 3.8) is 0 Å². The first-order chi connectivity index (χ1) is 17.5. The molecule has 4 aromatic rings. The minimum atomic E-state index is -4.69. The molecule has 0 bridgehead atoms. The molecule has 0 spiro atoms. The predicted molar refractivity (Wildman–Crippen MR) is 144 cm³/mol. The average Bonchev–Trinajstić information content (AvgIpc) is 3.74. The topological polar surface area (TPSA) is 9.23 Å². The van der Waals surface area contributed by atoms with Gasteiger partial charge in [0.1, 0.15) is 28.9 Å². The number of hydrogen-bond donors (Lipinski definition) is 0. The third-order valence-electron chi connectivity index (χ3n) is 6.61. The van der Waals surface area contributed by atoms with E-state index in [0.717, 1.165) is 24.6 Å². The number of benzene rings is 4. The van der Waals surface area contributed by atoms with Gasteiger partial charge in [-0.25, -0.2) is 0 Å². The second-order valence-corrected chi connectivity index (χ2v) is 12.5. The molecule has 0 amide bonds. The largest absolute Gasteiger partial charge is 0.573 e. The summed E-state index contributed by atoms with van der Waals surface area (Å²) >= 11 is 0. The molecule has 0 aromatic heterocycles. The predicted octanol–water partition coefficient (Wildman–Crippen LogP) is 7.37. The smallest absolute Gasteiger partial charge is 0.406 e. The number of ether oxygens (including phenoxy) is 1. The van der Waals surface area contributed by atoms with Gasteiger partial charge in [-0.05, 0) is 84.5 Å². The maximum Gasteiger partial charge on any atom is 0.573 e. The standard InChI is InChI=1S/C31H27F3OP/c32-31(33,34)35-26-20-18-25(19-21-26)30(24-16-17-24)22-23-36(27-10-4-1-5-11-27,28-12-6-2-7-13-28)29-14-8-3-9-15-29/h1-15,18-22,24H,16-17,23H2/q+1/b30-22-. The van der Waals surface area contributed by atoms with E-state index in [1.54, 1.807) is 12.1 Å². The molecule has 1 nitrogen and oxygen atoms in total. The summed E-state index contributed by atoms with van der Waals surface area (Å²) in [6, 6.07) is 38.4. The Labute approximate surface area is 210 Å². The summed E-state index contributed by atoms with van der Waals surface area (Å²) in [7, 11) is -2.03. The van der Waals surface area contributed by atoms with Crippen molar-refractivity contribution in [1.29, 1.82) is 0 Å². The summed E-state index contributed by atoms with van der Waals surface area (Å²) in [5.74, 6) is 0.240. The Bertz CT molecular complexity index is 1200. The van der Waals surface area contributed by atoms with E-state index >= 15 is 0 Å². The highest BCUT2D eigenvalue weighted by molar-refractivity contribution is 7.95. The summed E-state index contributed by atoms with van der Waals surface area (Å²) in [4.78, 5) is 0. The van der Waals surface area contributed by atoms with E-state index in [1.165, 1.54) is 33.6 Å². The van der Waals surface area contributed by atoms with E-state index in [-0.39, 0.29) is 5.75 Å². The summed E-state index contributed by atoms with van der Waals surface area (Å²) < 4.78 is 42.0. The van der Waals surface area contributed by atoms with Gasteiger partial charge in [0, 0.05) is 0 Å². The van der Waals surface area contributed by atoms with Gasteiger partial charge in [-0.15, -0.1) is 13.2 Å². The van der Waals surface area contributed by atoms with E-state index in [9.17, 15) is 13.2 Å². The lowest BCUT2D eigenvalue weighted by Gasteiger charge is -2.27. The molecule has 0 heterocycles. The van der Waals surface area contributed by atoms with Gasteiger partial charge in [0.25, 0.3) is 0 Å². The summed E-state index contributed by atoms with van der Waals surface area (Å²) in [5, 5.41) is 3.92. The Morgan fingerprint density at radius 3 is 1.53 bits per heavy atom. The molecule has 1 aliphatic carbocycles. The second kappa shape index (κ2) is 10.3. The molecule has 0 atom stereocenters. The minimum absolute atomic E-state index is 0.193. The summed E-state index contributed by atoms with van der Waals surface area (Å²) in [6.07, 6.45) is 0.678. The number of halogens is 3. The Morgan fingerprint density at radius 1 is 0.694 bits per heavy atom. The van der Waals surface area contributed by atoms with Crippen LogP contribution in [0, 0.1) is 5.92 Å². The van der Waals surface area contributed by atoms with Crippen molar-refractivity contribution < 1.29 is 17.9 Å². The van der Waals surface area contributed by atoms with Crippen LogP contribution in [0.2, 0.25) is 0 Å². The van der Waals surface area contributed by atoms with Crippen molar-refractivity contribution in [3.05, 3.63) is 127 Å². The highest BCUT2D eigenvalue weighted by Gasteiger charge is 2.44. The van der Waals surface area contributed by atoms with Crippen molar-refractivity contribution in [1.82, 2.24) is 0 Å². The van der Waals surface area contributed by atoms with E-state index in [0.29, 0.717) is 5.92 Å². The fourth-order valence-corrected chi connectivity index (χ4v) is 8.85. The van der Waals surface area contributed by atoms with Crippen LogP contribution in [0.5, 0.6) is 5.75 Å². The van der Waals surface area contributed by atoms with E-state index in [2.05, 4.69) is 83.6 Å². The molecule has 0 saturated heterocycles. The fourth-order valence-electron chi connectivity index (χ4n) is 4.81. The molecule has 1 aliphatic rings. The second-order valence-electron chi connectivity index (χ2n) is 9.00. The number of rotatable bonds is 8. The molecule has 0 unspecified atom stereocenters. The van der Waals surface area contributed by atoms with Crippen LogP contribution >= 0.6 is 7.26 Å². The van der Waals surface area contributed by atoms with Gasteiger partial charge < -0.3 is 4.74 Å². The molecule has 1 fully saturated rings. The number of alkyl halides is 3. The maximum atomic E-state index is 12.6. The zero-order chi connectivity index (χ0) is 25.0. The van der Waals surface area contributed by atoms with Crippen molar-refractivity contribution in [2.45, 2.75) is 19.2 Å². The molecular formula is C31H27F3OP+. The summed E-state index contributed by atoms with van der Waals surface area (Å²) in [5.41, 5.74) is 2.17. The zero-order valence-electron chi connectivity index (χ0n) is 19.7. The van der Waals surface area contributed by atoms with Gasteiger partial charge in [0.05, 0.1) is 6.16 Å². The van der Waals surface area contributed by atoms with E-state index < -0.39 is 13.6 Å². The Hall–Kier alpha value is -3.36. The molecule has 5 rings (SSSR count). The Morgan fingerprint density at radius 2 is 1.14 bits per heavy atom. The van der Waals surface area contributed by atoms with Crippen LogP contribution in [-0.4, -0.2) is 12.5 Å². The maximum absolute atomic E-state index is 12.6. The van der Waals surface area contributed by atoms with Gasteiger partial charge in [-0.1, -0.05) is 66.7 Å². The molecule has 4 aromatic carbocycles. The van der Waals surface area contributed by atoms with Crippen LogP contribution in [0.15, 0.2) is 121 Å². The first kappa shape index (κ1) is 24.3.